The minimum Gasteiger partial charge on any atom is -0.313 e. The van der Waals surface area contributed by atoms with Crippen LogP contribution in [0.1, 0.15) is 36.8 Å². The fourth-order valence-electron chi connectivity index (χ4n) is 2.29. The lowest BCUT2D eigenvalue weighted by Crippen LogP contribution is -2.36. The van der Waals surface area contributed by atoms with E-state index in [-0.39, 0.29) is 0 Å². The topological polar surface area (TPSA) is 24.9 Å². The Morgan fingerprint density at radius 1 is 1.26 bits per heavy atom. The van der Waals surface area contributed by atoms with Crippen LogP contribution in [-0.2, 0) is 6.42 Å². The predicted molar refractivity (Wildman–Crippen MR) is 82.8 cm³/mol. The van der Waals surface area contributed by atoms with Crippen molar-refractivity contribution in [2.45, 2.75) is 38.6 Å². The van der Waals surface area contributed by atoms with E-state index in [0.29, 0.717) is 12.0 Å². The van der Waals surface area contributed by atoms with E-state index < -0.39 is 0 Å². The first-order chi connectivity index (χ1) is 9.31. The maximum atomic E-state index is 4.42. The maximum absolute atomic E-state index is 4.42. The molecule has 0 bridgehead atoms. The predicted octanol–water partition coefficient (Wildman–Crippen LogP) is 3.86. The SMILES string of the molecule is CCCNC(Cc1nccs1)C(C)c1ccccc1. The van der Waals surface area contributed by atoms with E-state index in [2.05, 4.69) is 59.9 Å². The third-order valence-corrected chi connectivity index (χ3v) is 4.27. The Kier molecular flexibility index (Phi) is 5.55. The average molecular weight is 274 g/mol. The smallest absolute Gasteiger partial charge is 0.0940 e. The van der Waals surface area contributed by atoms with Crippen molar-refractivity contribution in [3.63, 3.8) is 0 Å². The summed E-state index contributed by atoms with van der Waals surface area (Å²) in [6.07, 6.45) is 4.06. The van der Waals surface area contributed by atoms with Gasteiger partial charge in [-0.15, -0.1) is 11.3 Å². The molecule has 0 aliphatic rings. The van der Waals surface area contributed by atoms with Gasteiger partial charge in [0.2, 0.25) is 0 Å². The molecule has 2 nitrogen and oxygen atoms in total. The molecule has 0 fully saturated rings. The molecule has 102 valence electrons. The highest BCUT2D eigenvalue weighted by Crippen LogP contribution is 2.22. The number of nitrogens with one attached hydrogen (secondary N) is 1. The summed E-state index contributed by atoms with van der Waals surface area (Å²) >= 11 is 1.75. The Labute approximate surface area is 119 Å². The van der Waals surface area contributed by atoms with E-state index in [1.807, 2.05) is 6.20 Å². The van der Waals surface area contributed by atoms with Gasteiger partial charge in [0.15, 0.2) is 0 Å². The molecule has 0 aliphatic carbocycles. The molecule has 19 heavy (non-hydrogen) atoms. The molecule has 2 rings (SSSR count). The van der Waals surface area contributed by atoms with E-state index in [9.17, 15) is 0 Å². The Morgan fingerprint density at radius 3 is 2.68 bits per heavy atom. The molecule has 0 radical (unpaired) electrons. The van der Waals surface area contributed by atoms with Crippen molar-refractivity contribution in [3.05, 3.63) is 52.5 Å². The van der Waals surface area contributed by atoms with Crippen molar-refractivity contribution in [2.24, 2.45) is 0 Å². The molecule has 0 amide bonds. The summed E-state index contributed by atoms with van der Waals surface area (Å²) in [6, 6.07) is 11.2. The maximum Gasteiger partial charge on any atom is 0.0940 e. The van der Waals surface area contributed by atoms with Crippen LogP contribution < -0.4 is 5.32 Å². The van der Waals surface area contributed by atoms with Gasteiger partial charge < -0.3 is 5.32 Å². The van der Waals surface area contributed by atoms with E-state index in [4.69, 9.17) is 0 Å². The van der Waals surface area contributed by atoms with Gasteiger partial charge in [-0.05, 0) is 24.4 Å². The van der Waals surface area contributed by atoms with E-state index in [1.165, 1.54) is 10.6 Å². The highest BCUT2D eigenvalue weighted by molar-refractivity contribution is 7.09. The van der Waals surface area contributed by atoms with Gasteiger partial charge in [-0.25, -0.2) is 4.98 Å². The first kappa shape index (κ1) is 14.2. The summed E-state index contributed by atoms with van der Waals surface area (Å²) < 4.78 is 0. The number of thiazole rings is 1. The number of nitrogens with zero attached hydrogens (tertiary/aromatic N) is 1. The largest absolute Gasteiger partial charge is 0.313 e. The number of hydrogen-bond donors (Lipinski definition) is 1. The Bertz CT molecular complexity index is 453. The van der Waals surface area contributed by atoms with Crippen molar-refractivity contribution in [3.8, 4) is 0 Å². The van der Waals surface area contributed by atoms with E-state index >= 15 is 0 Å². The molecule has 1 aromatic heterocycles. The van der Waals surface area contributed by atoms with Crippen molar-refractivity contribution in [1.82, 2.24) is 10.3 Å². The minimum absolute atomic E-state index is 0.452. The summed E-state index contributed by atoms with van der Waals surface area (Å²) in [5.74, 6) is 0.497. The summed E-state index contributed by atoms with van der Waals surface area (Å²) in [5, 5.41) is 6.95. The second kappa shape index (κ2) is 7.41. The van der Waals surface area contributed by atoms with Gasteiger partial charge in [-0.2, -0.15) is 0 Å². The molecular formula is C16H22N2S. The first-order valence-corrected chi connectivity index (χ1v) is 7.86. The van der Waals surface area contributed by atoms with Crippen LogP contribution in [0.2, 0.25) is 0 Å². The summed E-state index contributed by atoms with van der Waals surface area (Å²) in [6.45, 7) is 5.57. The van der Waals surface area contributed by atoms with Gasteiger partial charge in [0.05, 0.1) is 5.01 Å². The van der Waals surface area contributed by atoms with Gasteiger partial charge >= 0.3 is 0 Å². The normalized spacial score (nSPS) is 14.2. The van der Waals surface area contributed by atoms with Gasteiger partial charge in [0, 0.05) is 24.0 Å². The molecule has 3 heteroatoms. The molecular weight excluding hydrogens is 252 g/mol. The molecule has 2 aromatic rings. The van der Waals surface area contributed by atoms with Crippen LogP contribution in [0, 0.1) is 0 Å². The molecule has 0 spiro atoms. The zero-order chi connectivity index (χ0) is 13.5. The van der Waals surface area contributed by atoms with Gasteiger partial charge in [0.25, 0.3) is 0 Å². The van der Waals surface area contributed by atoms with E-state index in [1.54, 1.807) is 11.3 Å². The molecule has 1 heterocycles. The molecule has 0 aliphatic heterocycles. The average Bonchev–Trinajstić information content (AvgIpc) is 2.96. The van der Waals surface area contributed by atoms with Crippen LogP contribution in [0.25, 0.3) is 0 Å². The van der Waals surface area contributed by atoms with Crippen molar-refractivity contribution >= 4 is 11.3 Å². The van der Waals surface area contributed by atoms with Crippen molar-refractivity contribution in [1.29, 1.82) is 0 Å². The van der Waals surface area contributed by atoms with Crippen LogP contribution in [-0.4, -0.2) is 17.6 Å². The quantitative estimate of drug-likeness (QED) is 0.829. The number of rotatable bonds is 7. The van der Waals surface area contributed by atoms with Crippen LogP contribution in [0.15, 0.2) is 41.9 Å². The van der Waals surface area contributed by atoms with Crippen LogP contribution in [0.3, 0.4) is 0 Å². The van der Waals surface area contributed by atoms with Crippen LogP contribution in [0.5, 0.6) is 0 Å². The highest BCUT2D eigenvalue weighted by atomic mass is 32.1. The van der Waals surface area contributed by atoms with Gasteiger partial charge in [0.1, 0.15) is 0 Å². The Morgan fingerprint density at radius 2 is 2.05 bits per heavy atom. The highest BCUT2D eigenvalue weighted by Gasteiger charge is 2.19. The molecule has 2 atom stereocenters. The second-order valence-electron chi connectivity index (χ2n) is 4.89. The zero-order valence-electron chi connectivity index (χ0n) is 11.7. The Balaban J connectivity index is 2.08. The third-order valence-electron chi connectivity index (χ3n) is 3.46. The lowest BCUT2D eigenvalue weighted by Gasteiger charge is -2.25. The summed E-state index contributed by atoms with van der Waals surface area (Å²) in [4.78, 5) is 4.42. The van der Waals surface area contributed by atoms with Crippen molar-refractivity contribution in [2.75, 3.05) is 6.54 Å². The monoisotopic (exact) mass is 274 g/mol. The van der Waals surface area contributed by atoms with Crippen LogP contribution >= 0.6 is 11.3 Å². The van der Waals surface area contributed by atoms with Gasteiger partial charge in [-0.3, -0.25) is 0 Å². The minimum atomic E-state index is 0.452. The Hall–Kier alpha value is -1.19. The molecule has 2 unspecified atom stereocenters. The van der Waals surface area contributed by atoms with Gasteiger partial charge in [-0.1, -0.05) is 44.2 Å². The van der Waals surface area contributed by atoms with E-state index in [0.717, 1.165) is 19.4 Å². The summed E-state index contributed by atoms with van der Waals surface area (Å²) in [5.41, 5.74) is 1.40. The number of benzene rings is 1. The molecule has 1 N–H and O–H groups in total. The third kappa shape index (κ3) is 4.15. The van der Waals surface area contributed by atoms with Crippen molar-refractivity contribution < 1.29 is 0 Å². The molecule has 1 aromatic carbocycles. The van der Waals surface area contributed by atoms with Crippen LogP contribution in [0.4, 0.5) is 0 Å². The standard InChI is InChI=1S/C16H22N2S/c1-3-9-17-15(12-16-18-10-11-19-16)13(2)14-7-5-4-6-8-14/h4-8,10-11,13,15,17H,3,9,12H2,1-2H3. The molecule has 0 saturated heterocycles. The lowest BCUT2D eigenvalue weighted by molar-refractivity contribution is 0.446. The number of aromatic nitrogens is 1. The summed E-state index contributed by atoms with van der Waals surface area (Å²) in [7, 11) is 0. The fraction of sp³-hybridized carbons (Fsp3) is 0.438. The zero-order valence-corrected chi connectivity index (χ0v) is 12.5. The fourth-order valence-corrected chi connectivity index (χ4v) is 2.96. The lowest BCUT2D eigenvalue weighted by atomic mass is 9.91. The first-order valence-electron chi connectivity index (χ1n) is 6.98. The second-order valence-corrected chi connectivity index (χ2v) is 5.87. The number of hydrogen-bond acceptors (Lipinski definition) is 3. The molecule has 0 saturated carbocycles.